The molecule has 1 aromatic carbocycles. The zero-order valence-electron chi connectivity index (χ0n) is 31.7. The fourth-order valence-corrected chi connectivity index (χ4v) is 4.77. The summed E-state index contributed by atoms with van der Waals surface area (Å²) in [6.07, 6.45) is 5.06. The molecule has 13 nitrogen and oxygen atoms in total. The molecule has 0 fully saturated rings. The smallest absolute Gasteiger partial charge is 0.407 e. The number of rotatable bonds is 22. The highest BCUT2D eigenvalue weighted by molar-refractivity contribution is 5.98. The first-order valence-corrected chi connectivity index (χ1v) is 17.9. The first-order chi connectivity index (χ1) is 23.4. The highest BCUT2D eigenvalue weighted by Gasteiger charge is 2.29. The van der Waals surface area contributed by atoms with Crippen molar-refractivity contribution < 1.29 is 33.4 Å². The third kappa shape index (κ3) is 22.0. The predicted octanol–water partition coefficient (Wildman–Crippen LogP) is 5.37. The molecular weight excluding hydrogens is 640 g/mol. The lowest BCUT2D eigenvalue weighted by atomic mass is 9.89. The number of carbonyl (C=O) groups excluding carboxylic acids is 5. The summed E-state index contributed by atoms with van der Waals surface area (Å²) in [7, 11) is 0. The fraction of sp³-hybridized carbons (Fsp3) is 0.703. The van der Waals surface area contributed by atoms with Gasteiger partial charge in [0.15, 0.2) is 0 Å². The minimum atomic E-state index is -0.947. The van der Waals surface area contributed by atoms with E-state index in [0.29, 0.717) is 43.9 Å². The zero-order valence-corrected chi connectivity index (χ0v) is 31.7. The molecule has 0 aliphatic heterocycles. The van der Waals surface area contributed by atoms with E-state index in [9.17, 15) is 24.0 Å². The Bertz CT molecular complexity index is 1190. The van der Waals surface area contributed by atoms with E-state index in [1.807, 2.05) is 13.8 Å². The number of nitrogens with two attached hydrogens (primary N) is 1. The molecule has 2 atom stereocenters. The predicted molar refractivity (Wildman–Crippen MR) is 196 cm³/mol. The van der Waals surface area contributed by atoms with Crippen LogP contribution in [-0.2, 0) is 30.5 Å². The lowest BCUT2D eigenvalue weighted by molar-refractivity contribution is -0.132. The first kappa shape index (κ1) is 44.2. The van der Waals surface area contributed by atoms with Gasteiger partial charge in [-0.25, -0.2) is 9.59 Å². The molecule has 0 bridgehead atoms. The molecule has 1 rings (SSSR count). The Balaban J connectivity index is 2.71. The summed E-state index contributed by atoms with van der Waals surface area (Å²) in [5, 5.41) is 13.6. The molecule has 0 unspecified atom stereocenters. The third-order valence-electron chi connectivity index (χ3n) is 7.80. The second kappa shape index (κ2) is 22.8. The monoisotopic (exact) mass is 704 g/mol. The van der Waals surface area contributed by atoms with Gasteiger partial charge < -0.3 is 41.8 Å². The van der Waals surface area contributed by atoms with E-state index in [0.717, 1.165) is 32.1 Å². The number of nitrogens with one attached hydrogen (secondary N) is 5. The zero-order chi connectivity index (χ0) is 37.7. The lowest BCUT2D eigenvalue weighted by Crippen LogP contribution is -2.54. The molecule has 0 saturated carbocycles. The quantitative estimate of drug-likeness (QED) is 0.0874. The molecule has 6 amide bonds. The minimum Gasteiger partial charge on any atom is -0.445 e. The number of anilines is 1. The Morgan fingerprint density at radius 3 is 2.02 bits per heavy atom. The van der Waals surface area contributed by atoms with E-state index in [4.69, 9.17) is 15.2 Å². The maximum absolute atomic E-state index is 13.4. The van der Waals surface area contributed by atoms with Crippen LogP contribution in [0.25, 0.3) is 0 Å². The summed E-state index contributed by atoms with van der Waals surface area (Å²) >= 11 is 0. The van der Waals surface area contributed by atoms with Gasteiger partial charge in [-0.05, 0) is 66.5 Å². The topological polar surface area (TPSA) is 190 Å². The van der Waals surface area contributed by atoms with Crippen molar-refractivity contribution in [3.05, 3.63) is 29.8 Å². The van der Waals surface area contributed by atoms with Crippen LogP contribution >= 0.6 is 0 Å². The van der Waals surface area contributed by atoms with Crippen LogP contribution in [0.4, 0.5) is 15.3 Å². The summed E-state index contributed by atoms with van der Waals surface area (Å²) in [4.78, 5) is 62.6. The molecule has 1 aromatic rings. The van der Waals surface area contributed by atoms with Gasteiger partial charge in [0.05, 0.1) is 6.61 Å². The van der Waals surface area contributed by atoms with Gasteiger partial charge in [0, 0.05) is 31.8 Å². The van der Waals surface area contributed by atoms with Crippen molar-refractivity contribution in [1.82, 2.24) is 21.3 Å². The van der Waals surface area contributed by atoms with Gasteiger partial charge in [0.25, 0.3) is 0 Å². The van der Waals surface area contributed by atoms with Crippen LogP contribution in [0.3, 0.4) is 0 Å². The average molecular weight is 705 g/mol. The minimum absolute atomic E-state index is 0.0374. The maximum Gasteiger partial charge on any atom is 0.407 e. The van der Waals surface area contributed by atoms with Gasteiger partial charge in [-0.3, -0.25) is 14.4 Å². The first-order valence-electron chi connectivity index (χ1n) is 17.9. The number of amides is 6. The van der Waals surface area contributed by atoms with Gasteiger partial charge in [-0.2, -0.15) is 0 Å². The van der Waals surface area contributed by atoms with Crippen LogP contribution in [-0.4, -0.2) is 68.2 Å². The van der Waals surface area contributed by atoms with Gasteiger partial charge in [-0.15, -0.1) is 0 Å². The number of unbranched alkanes of at least 4 members (excludes halogenated alkanes) is 2. The van der Waals surface area contributed by atoms with Crippen LogP contribution in [0.1, 0.15) is 112 Å². The number of benzene rings is 1. The highest BCUT2D eigenvalue weighted by atomic mass is 16.5. The van der Waals surface area contributed by atoms with Gasteiger partial charge in [0.1, 0.15) is 18.7 Å². The average Bonchev–Trinajstić information content (AvgIpc) is 3.01. The van der Waals surface area contributed by atoms with Crippen molar-refractivity contribution in [2.75, 3.05) is 31.6 Å². The third-order valence-corrected chi connectivity index (χ3v) is 7.80. The largest absolute Gasteiger partial charge is 0.445 e. The molecule has 0 spiro atoms. The van der Waals surface area contributed by atoms with Crippen molar-refractivity contribution >= 4 is 35.5 Å². The molecule has 0 aliphatic carbocycles. The number of hydrogen-bond acceptors (Lipinski definition) is 7. The molecule has 0 radical (unpaired) electrons. The second-order valence-corrected chi connectivity index (χ2v) is 15.5. The summed E-state index contributed by atoms with van der Waals surface area (Å²) in [5.74, 6) is -1.35. The van der Waals surface area contributed by atoms with E-state index in [1.165, 1.54) is 0 Å². The molecule has 0 saturated heterocycles. The molecule has 50 heavy (non-hydrogen) atoms. The van der Waals surface area contributed by atoms with E-state index in [1.54, 1.807) is 24.3 Å². The van der Waals surface area contributed by atoms with Crippen molar-refractivity contribution in [3.63, 3.8) is 0 Å². The van der Waals surface area contributed by atoms with E-state index < -0.39 is 36.0 Å². The molecule has 0 heterocycles. The van der Waals surface area contributed by atoms with Gasteiger partial charge in [-0.1, -0.05) is 80.4 Å². The summed E-state index contributed by atoms with van der Waals surface area (Å²) in [5.41, 5.74) is 6.80. The Kier molecular flexibility index (Phi) is 20.1. The van der Waals surface area contributed by atoms with Crippen molar-refractivity contribution in [2.24, 2.45) is 22.5 Å². The lowest BCUT2D eigenvalue weighted by Gasteiger charge is -2.25. The Morgan fingerprint density at radius 1 is 0.760 bits per heavy atom. The normalized spacial score (nSPS) is 12.8. The fourth-order valence-electron chi connectivity index (χ4n) is 4.77. The Hall–Kier alpha value is -3.87. The van der Waals surface area contributed by atoms with Gasteiger partial charge >= 0.3 is 12.1 Å². The van der Waals surface area contributed by atoms with Crippen molar-refractivity contribution in [2.45, 2.75) is 125 Å². The standard InChI is InChI=1S/C37H64N6O7/c1-26(2)31(43-30(44)14-10-9-11-19-36(3,4)5)33(46)42-29(13-12-21-39-34(38)47)32(45)41-28-17-15-27(16-18-28)25-50-35(48)40-22-24-49-23-20-37(6,7)8/h15-18,26,29,31H,9-14,19-25H2,1-8H3,(H,40,48)(H,41,45)(H,42,46)(H,43,44)(H3,38,39,47)/t29-,31-/m0/s1. The number of hydrogen-bond donors (Lipinski definition) is 6. The Labute approximate surface area is 299 Å². The number of primary amides is 1. The molecule has 0 aliphatic rings. The number of carbonyl (C=O) groups is 5. The highest BCUT2D eigenvalue weighted by Crippen LogP contribution is 2.22. The summed E-state index contributed by atoms with van der Waals surface area (Å²) < 4.78 is 10.8. The Morgan fingerprint density at radius 2 is 1.42 bits per heavy atom. The second-order valence-electron chi connectivity index (χ2n) is 15.5. The van der Waals surface area contributed by atoms with Gasteiger partial charge in [0.2, 0.25) is 17.7 Å². The number of urea groups is 1. The van der Waals surface area contributed by atoms with Crippen LogP contribution in [0.5, 0.6) is 0 Å². The molecule has 13 heteroatoms. The van der Waals surface area contributed by atoms with E-state index >= 15 is 0 Å². The van der Waals surface area contributed by atoms with Crippen molar-refractivity contribution in [3.8, 4) is 0 Å². The van der Waals surface area contributed by atoms with E-state index in [2.05, 4.69) is 68.1 Å². The van der Waals surface area contributed by atoms with Crippen LogP contribution in [0.2, 0.25) is 0 Å². The van der Waals surface area contributed by atoms with Crippen LogP contribution in [0.15, 0.2) is 24.3 Å². The summed E-state index contributed by atoms with van der Waals surface area (Å²) in [6.45, 7) is 18.3. The van der Waals surface area contributed by atoms with Crippen molar-refractivity contribution in [1.29, 1.82) is 0 Å². The maximum atomic E-state index is 13.4. The SMILES string of the molecule is CC(C)[C@H](NC(=O)CCCCCC(C)(C)C)C(=O)N[C@@H](CCCNC(N)=O)C(=O)Nc1ccc(COC(=O)NCCOCCC(C)(C)C)cc1. The van der Waals surface area contributed by atoms with Crippen LogP contribution < -0.4 is 32.3 Å². The summed E-state index contributed by atoms with van der Waals surface area (Å²) in [6, 6.07) is 4.32. The molecule has 0 aromatic heterocycles. The van der Waals surface area contributed by atoms with E-state index in [-0.39, 0.29) is 42.2 Å². The van der Waals surface area contributed by atoms with Crippen LogP contribution in [0, 0.1) is 16.7 Å². The number of ether oxygens (including phenoxy) is 2. The molecule has 284 valence electrons. The molecular formula is C37H64N6O7. The number of alkyl carbamates (subject to hydrolysis) is 1. The molecule has 7 N–H and O–H groups in total.